The second kappa shape index (κ2) is 5.25. The first-order chi connectivity index (χ1) is 8.29. The third kappa shape index (κ3) is 2.90. The Kier molecular flexibility index (Phi) is 3.49. The number of methoxy groups -OCH3 is 1. The molecular formula is C12H14N4O. The molecule has 0 bridgehead atoms. The second-order valence-electron chi connectivity index (χ2n) is 3.54. The molecule has 0 aliphatic rings. The van der Waals surface area contributed by atoms with E-state index in [9.17, 15) is 0 Å². The van der Waals surface area contributed by atoms with Crippen LogP contribution in [0.4, 0.5) is 5.95 Å². The minimum atomic E-state index is 0.536. The van der Waals surface area contributed by atoms with Gasteiger partial charge < -0.3 is 10.1 Å². The van der Waals surface area contributed by atoms with E-state index in [-0.39, 0.29) is 0 Å². The van der Waals surface area contributed by atoms with Crippen LogP contribution in [0.25, 0.3) is 0 Å². The summed E-state index contributed by atoms with van der Waals surface area (Å²) >= 11 is 0. The number of ether oxygens (including phenoxy) is 1. The molecule has 2 heterocycles. The lowest BCUT2D eigenvalue weighted by Gasteiger charge is -2.07. The molecule has 0 saturated carbocycles. The topological polar surface area (TPSA) is 59.9 Å². The van der Waals surface area contributed by atoms with Crippen LogP contribution in [0.15, 0.2) is 30.6 Å². The Morgan fingerprint density at radius 3 is 2.88 bits per heavy atom. The maximum atomic E-state index is 5.02. The third-order valence-electron chi connectivity index (χ3n) is 2.37. The monoisotopic (exact) mass is 230 g/mol. The molecule has 0 atom stereocenters. The van der Waals surface area contributed by atoms with Crippen molar-refractivity contribution in [1.29, 1.82) is 0 Å². The summed E-state index contributed by atoms with van der Waals surface area (Å²) in [5, 5.41) is 3.11. The largest absolute Gasteiger partial charge is 0.481 e. The number of nitrogens with zero attached hydrogens (tertiary/aromatic N) is 3. The van der Waals surface area contributed by atoms with Crippen LogP contribution in [0.2, 0.25) is 0 Å². The van der Waals surface area contributed by atoms with E-state index in [1.165, 1.54) is 0 Å². The van der Waals surface area contributed by atoms with Crippen molar-refractivity contribution in [2.75, 3.05) is 12.4 Å². The molecule has 0 spiro atoms. The Hall–Kier alpha value is -2.17. The molecule has 5 nitrogen and oxygen atoms in total. The first-order valence-corrected chi connectivity index (χ1v) is 5.31. The minimum Gasteiger partial charge on any atom is -0.481 e. The van der Waals surface area contributed by atoms with Crippen LogP contribution < -0.4 is 10.1 Å². The summed E-state index contributed by atoms with van der Waals surface area (Å²) in [5.41, 5.74) is 2.13. The van der Waals surface area contributed by atoms with E-state index in [4.69, 9.17) is 4.74 Å². The summed E-state index contributed by atoms with van der Waals surface area (Å²) in [5.74, 6) is 1.08. The van der Waals surface area contributed by atoms with Gasteiger partial charge in [-0.2, -0.15) is 4.98 Å². The molecule has 0 saturated heterocycles. The van der Waals surface area contributed by atoms with Gasteiger partial charge in [0.1, 0.15) is 0 Å². The molecule has 2 aromatic rings. The summed E-state index contributed by atoms with van der Waals surface area (Å²) in [6.07, 6.45) is 3.43. The van der Waals surface area contributed by atoms with E-state index >= 15 is 0 Å². The lowest BCUT2D eigenvalue weighted by Crippen LogP contribution is -2.06. The van der Waals surface area contributed by atoms with Crippen molar-refractivity contribution in [2.45, 2.75) is 13.5 Å². The Labute approximate surface area is 99.9 Å². The van der Waals surface area contributed by atoms with Crippen LogP contribution in [0.3, 0.4) is 0 Å². The van der Waals surface area contributed by atoms with E-state index in [1.807, 2.05) is 19.1 Å². The maximum Gasteiger partial charge on any atom is 0.226 e. The number of nitrogens with one attached hydrogen (secondary N) is 1. The zero-order valence-electron chi connectivity index (χ0n) is 9.84. The number of aryl methyl sites for hydroxylation is 1. The van der Waals surface area contributed by atoms with Crippen molar-refractivity contribution in [1.82, 2.24) is 15.0 Å². The van der Waals surface area contributed by atoms with Crippen LogP contribution in [-0.4, -0.2) is 22.1 Å². The SMILES string of the molecule is COc1ccnc(NCc2ncccc2C)n1. The van der Waals surface area contributed by atoms with Crippen LogP contribution in [-0.2, 0) is 6.54 Å². The molecule has 0 fully saturated rings. The normalized spacial score (nSPS) is 10.0. The highest BCUT2D eigenvalue weighted by atomic mass is 16.5. The highest BCUT2D eigenvalue weighted by Gasteiger charge is 2.01. The molecule has 0 unspecified atom stereocenters. The third-order valence-corrected chi connectivity index (χ3v) is 2.37. The lowest BCUT2D eigenvalue weighted by atomic mass is 10.2. The number of hydrogen-bond donors (Lipinski definition) is 1. The summed E-state index contributed by atoms with van der Waals surface area (Å²) in [7, 11) is 1.58. The molecule has 2 aromatic heterocycles. The summed E-state index contributed by atoms with van der Waals surface area (Å²) in [6.45, 7) is 2.62. The number of pyridine rings is 1. The van der Waals surface area contributed by atoms with Gasteiger partial charge in [0.2, 0.25) is 11.8 Å². The van der Waals surface area contributed by atoms with Gasteiger partial charge in [-0.15, -0.1) is 0 Å². The molecule has 0 amide bonds. The van der Waals surface area contributed by atoms with Gasteiger partial charge in [0.05, 0.1) is 19.3 Å². The quantitative estimate of drug-likeness (QED) is 0.867. The van der Waals surface area contributed by atoms with E-state index in [2.05, 4.69) is 20.3 Å². The molecule has 17 heavy (non-hydrogen) atoms. The van der Waals surface area contributed by atoms with E-state index < -0.39 is 0 Å². The van der Waals surface area contributed by atoms with E-state index in [0.717, 1.165) is 11.3 Å². The zero-order valence-corrected chi connectivity index (χ0v) is 9.84. The number of anilines is 1. The van der Waals surface area contributed by atoms with Crippen molar-refractivity contribution in [3.63, 3.8) is 0 Å². The van der Waals surface area contributed by atoms with Crippen LogP contribution in [0.1, 0.15) is 11.3 Å². The van der Waals surface area contributed by atoms with Gasteiger partial charge in [-0.1, -0.05) is 6.07 Å². The summed E-state index contributed by atoms with van der Waals surface area (Å²) in [6, 6.07) is 5.65. The van der Waals surface area contributed by atoms with Gasteiger partial charge in [-0.3, -0.25) is 4.98 Å². The van der Waals surface area contributed by atoms with Gasteiger partial charge >= 0.3 is 0 Å². The highest BCUT2D eigenvalue weighted by molar-refractivity contribution is 5.29. The maximum absolute atomic E-state index is 5.02. The first kappa shape index (κ1) is 11.3. The van der Waals surface area contributed by atoms with Crippen molar-refractivity contribution >= 4 is 5.95 Å². The molecule has 5 heteroatoms. The fourth-order valence-corrected chi connectivity index (χ4v) is 1.41. The Morgan fingerprint density at radius 1 is 1.24 bits per heavy atom. The second-order valence-corrected chi connectivity index (χ2v) is 3.54. The van der Waals surface area contributed by atoms with Gasteiger partial charge in [-0.25, -0.2) is 4.98 Å². The molecule has 0 radical (unpaired) electrons. The van der Waals surface area contributed by atoms with Gasteiger partial charge in [-0.05, 0) is 18.6 Å². The average Bonchev–Trinajstić information content (AvgIpc) is 2.38. The fourth-order valence-electron chi connectivity index (χ4n) is 1.41. The Morgan fingerprint density at radius 2 is 2.12 bits per heavy atom. The Balaban J connectivity index is 2.05. The standard InChI is InChI=1S/C12H14N4O/c1-9-4-3-6-13-10(9)8-15-12-14-7-5-11(16-12)17-2/h3-7H,8H2,1-2H3,(H,14,15,16). The van der Waals surface area contributed by atoms with E-state index in [0.29, 0.717) is 18.4 Å². The first-order valence-electron chi connectivity index (χ1n) is 5.31. The van der Waals surface area contributed by atoms with Gasteiger partial charge in [0, 0.05) is 18.5 Å². The zero-order chi connectivity index (χ0) is 12.1. The predicted molar refractivity (Wildman–Crippen MR) is 64.9 cm³/mol. The van der Waals surface area contributed by atoms with Crippen molar-refractivity contribution in [3.8, 4) is 5.88 Å². The predicted octanol–water partition coefficient (Wildman–Crippen LogP) is 1.80. The molecule has 88 valence electrons. The van der Waals surface area contributed by atoms with Crippen molar-refractivity contribution in [2.24, 2.45) is 0 Å². The number of rotatable bonds is 4. The highest BCUT2D eigenvalue weighted by Crippen LogP contribution is 2.09. The summed E-state index contributed by atoms with van der Waals surface area (Å²) < 4.78 is 5.02. The van der Waals surface area contributed by atoms with Gasteiger partial charge in [0.25, 0.3) is 0 Å². The average molecular weight is 230 g/mol. The molecule has 0 aromatic carbocycles. The fraction of sp³-hybridized carbons (Fsp3) is 0.250. The number of hydrogen-bond acceptors (Lipinski definition) is 5. The number of aromatic nitrogens is 3. The van der Waals surface area contributed by atoms with Crippen molar-refractivity contribution in [3.05, 3.63) is 41.9 Å². The Bertz CT molecular complexity index is 501. The molecule has 0 aliphatic heterocycles. The molecule has 0 aliphatic carbocycles. The van der Waals surface area contributed by atoms with Crippen molar-refractivity contribution < 1.29 is 4.74 Å². The summed E-state index contributed by atoms with van der Waals surface area (Å²) in [4.78, 5) is 12.6. The van der Waals surface area contributed by atoms with Crippen LogP contribution >= 0.6 is 0 Å². The van der Waals surface area contributed by atoms with Gasteiger partial charge in [0.15, 0.2) is 0 Å². The minimum absolute atomic E-state index is 0.536. The molecular weight excluding hydrogens is 216 g/mol. The molecule has 1 N–H and O–H groups in total. The van der Waals surface area contributed by atoms with Crippen LogP contribution in [0.5, 0.6) is 5.88 Å². The van der Waals surface area contributed by atoms with Crippen LogP contribution in [0, 0.1) is 6.92 Å². The lowest BCUT2D eigenvalue weighted by molar-refractivity contribution is 0.397. The smallest absolute Gasteiger partial charge is 0.226 e. The van der Waals surface area contributed by atoms with E-state index in [1.54, 1.807) is 25.6 Å². The molecule has 2 rings (SSSR count).